The Bertz CT molecular complexity index is 845. The molecule has 0 bridgehead atoms. The van der Waals surface area contributed by atoms with E-state index in [-0.39, 0.29) is 10.8 Å². The Hall–Kier alpha value is -1.86. The second-order valence-electron chi connectivity index (χ2n) is 7.49. The molecule has 1 aromatic carbocycles. The minimum Gasteiger partial charge on any atom is -0.464 e. The quantitative estimate of drug-likeness (QED) is 0.762. The van der Waals surface area contributed by atoms with Gasteiger partial charge in [0.05, 0.1) is 17.2 Å². The average molecular weight is 381 g/mol. The lowest BCUT2D eigenvalue weighted by atomic mass is 10.1. The van der Waals surface area contributed by atoms with Gasteiger partial charge in [-0.15, -0.1) is 0 Å². The molecule has 0 aliphatic carbocycles. The summed E-state index contributed by atoms with van der Waals surface area (Å²) in [6.07, 6.45) is 1.51. The monoisotopic (exact) mass is 380 g/mol. The van der Waals surface area contributed by atoms with Crippen molar-refractivity contribution in [2.45, 2.75) is 45.6 Å². The number of benzene rings is 1. The maximum absolute atomic E-state index is 12.8. The topological polar surface area (TPSA) is 79.6 Å². The van der Waals surface area contributed by atoms with Crippen LogP contribution in [0.25, 0.3) is 11.0 Å². The summed E-state index contributed by atoms with van der Waals surface area (Å²) in [6.45, 7) is 10.9. The first-order valence-corrected chi connectivity index (χ1v) is 10.4. The molecule has 2 rings (SSSR count). The first kappa shape index (κ1) is 20.5. The normalized spacial score (nSPS) is 13.5. The van der Waals surface area contributed by atoms with Gasteiger partial charge in [0.1, 0.15) is 5.58 Å². The van der Waals surface area contributed by atoms with E-state index < -0.39 is 16.1 Å². The van der Waals surface area contributed by atoms with Gasteiger partial charge >= 0.3 is 0 Å². The summed E-state index contributed by atoms with van der Waals surface area (Å²) in [5.74, 6) is 0.412. The van der Waals surface area contributed by atoms with Crippen LogP contribution >= 0.6 is 0 Å². The Kier molecular flexibility index (Phi) is 6.47. The lowest BCUT2D eigenvalue weighted by molar-refractivity contribution is -0.133. The molecule has 1 N–H and O–H groups in total. The highest BCUT2D eigenvalue weighted by Crippen LogP contribution is 2.20. The third-order valence-corrected chi connectivity index (χ3v) is 5.46. The van der Waals surface area contributed by atoms with E-state index >= 15 is 0 Å². The number of nitrogens with zero attached hydrogens (tertiary/aromatic N) is 1. The number of hydrogen-bond donors (Lipinski definition) is 1. The van der Waals surface area contributed by atoms with Crippen molar-refractivity contribution in [3.8, 4) is 0 Å². The van der Waals surface area contributed by atoms with E-state index in [0.717, 1.165) is 0 Å². The molecule has 2 aromatic rings. The van der Waals surface area contributed by atoms with Gasteiger partial charge in [-0.2, -0.15) is 4.72 Å². The van der Waals surface area contributed by atoms with E-state index in [2.05, 4.69) is 4.72 Å². The first-order chi connectivity index (χ1) is 12.1. The minimum atomic E-state index is -3.80. The molecular formula is C19H28N2O4S. The molecule has 6 nitrogen and oxygen atoms in total. The molecular weight excluding hydrogens is 352 g/mol. The SMILES string of the molecule is CC(C)CN(CC(C)C)C(=O)[C@H](C)NS(=O)(=O)c1ccc2occc2c1. The molecule has 7 heteroatoms. The van der Waals surface area contributed by atoms with E-state index in [9.17, 15) is 13.2 Å². The van der Waals surface area contributed by atoms with Crippen LogP contribution in [0.15, 0.2) is 39.8 Å². The highest BCUT2D eigenvalue weighted by atomic mass is 32.2. The lowest BCUT2D eigenvalue weighted by Crippen LogP contribution is -2.48. The van der Waals surface area contributed by atoms with Crippen LogP contribution in [0.1, 0.15) is 34.6 Å². The van der Waals surface area contributed by atoms with Crippen molar-refractivity contribution >= 4 is 26.9 Å². The van der Waals surface area contributed by atoms with Gasteiger partial charge in [0.15, 0.2) is 0 Å². The Labute approximate surface area is 155 Å². The Balaban J connectivity index is 2.16. The summed E-state index contributed by atoms with van der Waals surface area (Å²) in [6, 6.07) is 5.50. The van der Waals surface area contributed by atoms with E-state index in [1.165, 1.54) is 12.3 Å². The smallest absolute Gasteiger partial charge is 0.241 e. The molecule has 0 saturated carbocycles. The van der Waals surface area contributed by atoms with Crippen LogP contribution in [0.4, 0.5) is 0 Å². The van der Waals surface area contributed by atoms with Gasteiger partial charge in [0.2, 0.25) is 15.9 Å². The Morgan fingerprint density at radius 1 is 1.08 bits per heavy atom. The molecule has 0 aliphatic heterocycles. The van der Waals surface area contributed by atoms with Crippen LogP contribution in [0.5, 0.6) is 0 Å². The van der Waals surface area contributed by atoms with Gasteiger partial charge in [0, 0.05) is 18.5 Å². The standard InChI is InChI=1S/C19H28N2O4S/c1-13(2)11-21(12-14(3)4)19(22)15(5)20-26(23,24)17-6-7-18-16(10-17)8-9-25-18/h6-10,13-15,20H,11-12H2,1-5H3/t15-/m0/s1. The van der Waals surface area contributed by atoms with Gasteiger partial charge < -0.3 is 9.32 Å². The lowest BCUT2D eigenvalue weighted by Gasteiger charge is -2.29. The van der Waals surface area contributed by atoms with E-state index in [1.807, 2.05) is 27.7 Å². The third-order valence-electron chi connectivity index (χ3n) is 3.92. The van der Waals surface area contributed by atoms with Gasteiger partial charge in [0.25, 0.3) is 0 Å². The van der Waals surface area contributed by atoms with E-state index in [0.29, 0.717) is 35.9 Å². The molecule has 1 heterocycles. The van der Waals surface area contributed by atoms with Crippen LogP contribution in [-0.4, -0.2) is 38.4 Å². The Morgan fingerprint density at radius 3 is 2.27 bits per heavy atom. The third kappa shape index (κ3) is 5.08. The molecule has 26 heavy (non-hydrogen) atoms. The average Bonchev–Trinajstić information content (AvgIpc) is 2.99. The molecule has 0 unspecified atom stereocenters. The maximum Gasteiger partial charge on any atom is 0.241 e. The number of amides is 1. The summed E-state index contributed by atoms with van der Waals surface area (Å²) >= 11 is 0. The van der Waals surface area contributed by atoms with Crippen molar-refractivity contribution in [2.75, 3.05) is 13.1 Å². The number of nitrogens with one attached hydrogen (secondary N) is 1. The number of sulfonamides is 1. The molecule has 0 saturated heterocycles. The zero-order chi connectivity index (χ0) is 19.5. The molecule has 1 atom stereocenters. The molecule has 0 aliphatic rings. The van der Waals surface area contributed by atoms with Gasteiger partial charge in [-0.1, -0.05) is 27.7 Å². The molecule has 1 aromatic heterocycles. The van der Waals surface area contributed by atoms with Crippen molar-refractivity contribution < 1.29 is 17.6 Å². The van der Waals surface area contributed by atoms with E-state index in [1.54, 1.807) is 30.0 Å². The summed E-state index contributed by atoms with van der Waals surface area (Å²) < 4.78 is 33.1. The van der Waals surface area contributed by atoms with Crippen molar-refractivity contribution in [2.24, 2.45) is 11.8 Å². The molecule has 0 radical (unpaired) electrons. The number of carbonyl (C=O) groups excluding carboxylic acids is 1. The second kappa shape index (κ2) is 8.22. The molecule has 1 amide bonds. The van der Waals surface area contributed by atoms with Gasteiger partial charge in [-0.25, -0.2) is 8.42 Å². The Morgan fingerprint density at radius 2 is 1.69 bits per heavy atom. The van der Waals surface area contributed by atoms with E-state index in [4.69, 9.17) is 4.42 Å². The zero-order valence-electron chi connectivity index (χ0n) is 16.0. The molecule has 0 spiro atoms. The first-order valence-electron chi connectivity index (χ1n) is 8.88. The largest absolute Gasteiger partial charge is 0.464 e. The number of rotatable bonds is 8. The summed E-state index contributed by atoms with van der Waals surface area (Å²) in [7, 11) is -3.80. The molecule has 0 fully saturated rings. The maximum atomic E-state index is 12.8. The molecule has 144 valence electrons. The second-order valence-corrected chi connectivity index (χ2v) is 9.21. The summed E-state index contributed by atoms with van der Waals surface area (Å²) in [5.41, 5.74) is 0.619. The van der Waals surface area contributed by atoms with Gasteiger partial charge in [-0.3, -0.25) is 4.79 Å². The highest BCUT2D eigenvalue weighted by Gasteiger charge is 2.27. The van der Waals surface area contributed by atoms with Crippen molar-refractivity contribution in [3.05, 3.63) is 30.5 Å². The van der Waals surface area contributed by atoms with Gasteiger partial charge in [-0.05, 0) is 43.0 Å². The van der Waals surface area contributed by atoms with Crippen molar-refractivity contribution in [3.63, 3.8) is 0 Å². The number of fused-ring (bicyclic) bond motifs is 1. The van der Waals surface area contributed by atoms with Crippen LogP contribution < -0.4 is 4.72 Å². The number of furan rings is 1. The van der Waals surface area contributed by atoms with Crippen LogP contribution in [0.3, 0.4) is 0 Å². The zero-order valence-corrected chi connectivity index (χ0v) is 16.8. The fourth-order valence-electron chi connectivity index (χ4n) is 2.87. The highest BCUT2D eigenvalue weighted by molar-refractivity contribution is 7.89. The number of carbonyl (C=O) groups is 1. The fourth-order valence-corrected chi connectivity index (χ4v) is 4.10. The fraction of sp³-hybridized carbons (Fsp3) is 0.526. The van der Waals surface area contributed by atoms with Crippen LogP contribution in [0, 0.1) is 11.8 Å². The van der Waals surface area contributed by atoms with Crippen molar-refractivity contribution in [1.29, 1.82) is 0 Å². The number of hydrogen-bond acceptors (Lipinski definition) is 4. The van der Waals surface area contributed by atoms with Crippen molar-refractivity contribution in [1.82, 2.24) is 9.62 Å². The predicted molar refractivity (Wildman–Crippen MR) is 102 cm³/mol. The van der Waals surface area contributed by atoms with Crippen LogP contribution in [-0.2, 0) is 14.8 Å². The predicted octanol–water partition coefficient (Wildman–Crippen LogP) is 3.24. The summed E-state index contributed by atoms with van der Waals surface area (Å²) in [4.78, 5) is 14.6. The van der Waals surface area contributed by atoms with Crippen LogP contribution in [0.2, 0.25) is 0 Å². The summed E-state index contributed by atoms with van der Waals surface area (Å²) in [5, 5.41) is 0.702. The minimum absolute atomic E-state index is 0.116.